The summed E-state index contributed by atoms with van der Waals surface area (Å²) in [5, 5.41) is 6.03. The van der Waals surface area contributed by atoms with Crippen LogP contribution in [0.25, 0.3) is 22.6 Å². The van der Waals surface area contributed by atoms with E-state index < -0.39 is 0 Å². The van der Waals surface area contributed by atoms with E-state index >= 15 is 0 Å². The third-order valence-electron chi connectivity index (χ3n) is 5.58. The predicted octanol–water partition coefficient (Wildman–Crippen LogP) is 6.44. The van der Waals surface area contributed by atoms with Crippen molar-refractivity contribution >= 4 is 40.0 Å². The average molecular weight is 444 g/mol. The number of thiocarbonyl (C=S) groups is 1. The van der Waals surface area contributed by atoms with Gasteiger partial charge in [-0.3, -0.25) is 10.1 Å². The fourth-order valence-corrected chi connectivity index (χ4v) is 3.71. The molecule has 0 saturated carbocycles. The molecule has 4 rings (SSSR count). The molecule has 3 aromatic carbocycles. The lowest BCUT2D eigenvalue weighted by atomic mass is 9.98. The van der Waals surface area contributed by atoms with E-state index in [2.05, 4.69) is 41.6 Å². The highest BCUT2D eigenvalue weighted by Crippen LogP contribution is 2.29. The quantitative estimate of drug-likeness (QED) is 0.347. The van der Waals surface area contributed by atoms with Crippen molar-refractivity contribution in [2.45, 2.75) is 33.1 Å². The van der Waals surface area contributed by atoms with Gasteiger partial charge in [0.1, 0.15) is 5.52 Å². The Morgan fingerprint density at radius 3 is 2.69 bits per heavy atom. The van der Waals surface area contributed by atoms with Crippen molar-refractivity contribution < 1.29 is 9.21 Å². The highest BCUT2D eigenvalue weighted by Gasteiger charge is 2.13. The first-order valence-electron chi connectivity index (χ1n) is 10.6. The van der Waals surface area contributed by atoms with Crippen molar-refractivity contribution in [1.29, 1.82) is 0 Å². The van der Waals surface area contributed by atoms with E-state index in [1.807, 2.05) is 55.5 Å². The number of benzene rings is 3. The summed E-state index contributed by atoms with van der Waals surface area (Å²) in [6.45, 7) is 6.27. The lowest BCUT2D eigenvalue weighted by Gasteiger charge is -2.11. The van der Waals surface area contributed by atoms with Crippen LogP contribution in [-0.4, -0.2) is 16.0 Å². The second-order valence-corrected chi connectivity index (χ2v) is 8.27. The van der Waals surface area contributed by atoms with Crippen LogP contribution in [-0.2, 0) is 0 Å². The molecule has 0 aliphatic rings. The van der Waals surface area contributed by atoms with Crippen molar-refractivity contribution in [1.82, 2.24) is 10.3 Å². The number of nitrogens with one attached hydrogen (secondary N) is 2. The van der Waals surface area contributed by atoms with Crippen molar-refractivity contribution in [2.75, 3.05) is 5.32 Å². The molecule has 2 N–H and O–H groups in total. The molecule has 5 nitrogen and oxygen atoms in total. The van der Waals surface area contributed by atoms with Crippen LogP contribution in [0, 0.1) is 6.92 Å². The smallest absolute Gasteiger partial charge is 0.257 e. The first-order chi connectivity index (χ1) is 15.4. The first kappa shape index (κ1) is 21.7. The molecule has 0 aliphatic heterocycles. The number of aromatic nitrogens is 1. The summed E-state index contributed by atoms with van der Waals surface area (Å²) >= 11 is 5.34. The SMILES string of the molecule is CCC(C)c1ccc2oc(-c3cccc(NC(=S)NC(=O)c4ccccc4C)c3)nc2c1. The maximum absolute atomic E-state index is 12.5. The van der Waals surface area contributed by atoms with Crippen LogP contribution in [0.4, 0.5) is 5.69 Å². The highest BCUT2D eigenvalue weighted by molar-refractivity contribution is 7.80. The zero-order valence-corrected chi connectivity index (χ0v) is 19.1. The van der Waals surface area contributed by atoms with Crippen molar-refractivity contribution in [2.24, 2.45) is 0 Å². The van der Waals surface area contributed by atoms with Gasteiger partial charge in [-0.05, 0) is 79.0 Å². The minimum atomic E-state index is -0.243. The molecule has 0 aliphatic carbocycles. The summed E-state index contributed by atoms with van der Waals surface area (Å²) in [7, 11) is 0. The Kier molecular flexibility index (Phi) is 6.32. The van der Waals surface area contributed by atoms with Gasteiger partial charge in [0.05, 0.1) is 0 Å². The van der Waals surface area contributed by atoms with Crippen LogP contribution < -0.4 is 10.6 Å². The molecule has 0 bridgehead atoms. The van der Waals surface area contributed by atoms with E-state index in [4.69, 9.17) is 16.6 Å². The van der Waals surface area contributed by atoms with Crippen molar-refractivity contribution in [3.05, 3.63) is 83.4 Å². The first-order valence-corrected chi connectivity index (χ1v) is 11.0. The minimum absolute atomic E-state index is 0.228. The molecule has 32 heavy (non-hydrogen) atoms. The van der Waals surface area contributed by atoms with Crippen LogP contribution in [0.3, 0.4) is 0 Å². The molecule has 1 amide bonds. The number of fused-ring (bicyclic) bond motifs is 1. The van der Waals surface area contributed by atoms with Gasteiger partial charge in [0.15, 0.2) is 10.7 Å². The van der Waals surface area contributed by atoms with Gasteiger partial charge in [0, 0.05) is 16.8 Å². The molecular formula is C26H25N3O2S. The standard InChI is InChI=1S/C26H25N3O2S/c1-4-16(2)18-12-13-23-22(15-18)28-25(31-23)19-9-7-10-20(14-19)27-26(32)29-24(30)21-11-6-5-8-17(21)3/h5-16H,4H2,1-3H3,(H2,27,29,30,32). The van der Waals surface area contributed by atoms with E-state index in [9.17, 15) is 4.79 Å². The number of anilines is 1. The number of aryl methyl sites for hydroxylation is 1. The Bertz CT molecular complexity index is 1300. The monoisotopic (exact) mass is 443 g/mol. The zero-order chi connectivity index (χ0) is 22.7. The van der Waals surface area contributed by atoms with Crippen LogP contribution in [0.15, 0.2) is 71.1 Å². The third-order valence-corrected chi connectivity index (χ3v) is 5.78. The van der Waals surface area contributed by atoms with Crippen LogP contribution in [0.5, 0.6) is 0 Å². The number of carbonyl (C=O) groups excluding carboxylic acids is 1. The summed E-state index contributed by atoms with van der Waals surface area (Å²) in [4.78, 5) is 17.2. The molecule has 0 radical (unpaired) electrons. The van der Waals surface area contributed by atoms with Crippen molar-refractivity contribution in [3.8, 4) is 11.5 Å². The predicted molar refractivity (Wildman–Crippen MR) is 133 cm³/mol. The average Bonchev–Trinajstić information content (AvgIpc) is 3.22. The molecule has 1 atom stereocenters. The molecule has 162 valence electrons. The molecule has 1 aromatic heterocycles. The fraction of sp³-hybridized carbons (Fsp3) is 0.192. The summed E-state index contributed by atoms with van der Waals surface area (Å²) in [6, 6.07) is 21.1. The Balaban J connectivity index is 1.50. The summed E-state index contributed by atoms with van der Waals surface area (Å²) in [5.41, 5.74) is 5.90. The zero-order valence-electron chi connectivity index (χ0n) is 18.3. The number of oxazole rings is 1. The Hall–Kier alpha value is -3.51. The summed E-state index contributed by atoms with van der Waals surface area (Å²) < 4.78 is 5.98. The largest absolute Gasteiger partial charge is 0.436 e. The van der Waals surface area contributed by atoms with Gasteiger partial charge in [-0.2, -0.15) is 0 Å². The topological polar surface area (TPSA) is 67.2 Å². The van der Waals surface area contributed by atoms with E-state index in [0.717, 1.165) is 34.3 Å². The van der Waals surface area contributed by atoms with Gasteiger partial charge in [0.2, 0.25) is 5.89 Å². The number of hydrogen-bond acceptors (Lipinski definition) is 4. The van der Waals surface area contributed by atoms with Crippen LogP contribution in [0.1, 0.15) is 47.7 Å². The molecule has 0 spiro atoms. The maximum Gasteiger partial charge on any atom is 0.257 e. The number of rotatable bonds is 5. The van der Waals surface area contributed by atoms with Gasteiger partial charge >= 0.3 is 0 Å². The van der Waals surface area contributed by atoms with Crippen LogP contribution >= 0.6 is 12.2 Å². The molecule has 4 aromatic rings. The number of carbonyl (C=O) groups is 1. The van der Waals surface area contributed by atoms with Gasteiger partial charge in [-0.25, -0.2) is 4.98 Å². The number of nitrogens with zero attached hydrogens (tertiary/aromatic N) is 1. The summed E-state index contributed by atoms with van der Waals surface area (Å²) in [6.07, 6.45) is 1.07. The van der Waals surface area contributed by atoms with E-state index in [-0.39, 0.29) is 11.0 Å². The maximum atomic E-state index is 12.5. The molecular weight excluding hydrogens is 418 g/mol. The summed E-state index contributed by atoms with van der Waals surface area (Å²) in [5.74, 6) is 0.774. The molecule has 1 unspecified atom stereocenters. The number of hydrogen-bond donors (Lipinski definition) is 2. The Morgan fingerprint density at radius 2 is 1.91 bits per heavy atom. The normalized spacial score (nSPS) is 11.8. The molecule has 6 heteroatoms. The number of amides is 1. The fourth-order valence-electron chi connectivity index (χ4n) is 3.50. The van der Waals surface area contributed by atoms with E-state index in [1.54, 1.807) is 6.07 Å². The lowest BCUT2D eigenvalue weighted by molar-refractivity contribution is 0.0977. The van der Waals surface area contributed by atoms with E-state index in [0.29, 0.717) is 17.4 Å². The highest BCUT2D eigenvalue weighted by atomic mass is 32.1. The second-order valence-electron chi connectivity index (χ2n) is 7.86. The molecule has 0 fully saturated rings. The molecule has 0 saturated heterocycles. The van der Waals surface area contributed by atoms with Crippen LogP contribution in [0.2, 0.25) is 0 Å². The van der Waals surface area contributed by atoms with Gasteiger partial charge in [-0.1, -0.05) is 44.2 Å². The van der Waals surface area contributed by atoms with E-state index in [1.165, 1.54) is 5.56 Å². The minimum Gasteiger partial charge on any atom is -0.436 e. The third kappa shape index (κ3) is 4.70. The second kappa shape index (κ2) is 9.32. The molecule has 1 heterocycles. The Morgan fingerprint density at radius 1 is 1.09 bits per heavy atom. The Labute approximate surface area is 192 Å². The lowest BCUT2D eigenvalue weighted by Crippen LogP contribution is -2.34. The van der Waals surface area contributed by atoms with Gasteiger partial charge < -0.3 is 9.73 Å². The van der Waals surface area contributed by atoms with Gasteiger partial charge in [0.25, 0.3) is 5.91 Å². The van der Waals surface area contributed by atoms with Gasteiger partial charge in [-0.15, -0.1) is 0 Å². The van der Waals surface area contributed by atoms with Crippen molar-refractivity contribution in [3.63, 3.8) is 0 Å².